The number of hydrogen-bond acceptors (Lipinski definition) is 2. The average molecular weight is 354 g/mol. The van der Waals surface area contributed by atoms with Crippen molar-refractivity contribution in [1.82, 2.24) is 5.32 Å². The van der Waals surface area contributed by atoms with Gasteiger partial charge in [-0.1, -0.05) is 13.8 Å². The van der Waals surface area contributed by atoms with Gasteiger partial charge >= 0.3 is 0 Å². The molecule has 1 aromatic rings. The lowest BCUT2D eigenvalue weighted by Gasteiger charge is -2.26. The summed E-state index contributed by atoms with van der Waals surface area (Å²) in [6.07, 6.45) is 1.54. The van der Waals surface area contributed by atoms with Crippen molar-refractivity contribution >= 4 is 34.2 Å². The molecule has 0 saturated heterocycles. The van der Waals surface area contributed by atoms with Crippen LogP contribution < -0.4 is 11.1 Å². The maximum absolute atomic E-state index is 13.1. The van der Waals surface area contributed by atoms with Crippen molar-refractivity contribution in [3.8, 4) is 0 Å². The van der Waals surface area contributed by atoms with Gasteiger partial charge in [0, 0.05) is 16.6 Å². The highest BCUT2D eigenvalue weighted by molar-refractivity contribution is 9.10. The van der Waals surface area contributed by atoms with Gasteiger partial charge in [0.15, 0.2) is 0 Å². The zero-order chi connectivity index (χ0) is 13.8. The highest BCUT2D eigenvalue weighted by Gasteiger charge is 2.21. The molecule has 0 atom stereocenters. The molecule has 0 aromatic heterocycles. The molecular formula is C13H19BrClFN2O. The summed E-state index contributed by atoms with van der Waals surface area (Å²) in [5.41, 5.74) is 5.97. The molecule has 0 aliphatic heterocycles. The number of benzene rings is 1. The molecule has 1 aromatic carbocycles. The van der Waals surface area contributed by atoms with Gasteiger partial charge in [-0.15, -0.1) is 12.4 Å². The molecule has 0 bridgehead atoms. The summed E-state index contributed by atoms with van der Waals surface area (Å²) < 4.78 is 13.7. The van der Waals surface area contributed by atoms with E-state index in [2.05, 4.69) is 21.2 Å². The Morgan fingerprint density at radius 1 is 1.42 bits per heavy atom. The smallest absolute Gasteiger partial charge is 0.252 e. The Kier molecular flexibility index (Phi) is 7.55. The van der Waals surface area contributed by atoms with E-state index in [1.807, 2.05) is 13.8 Å². The minimum Gasteiger partial charge on any atom is -0.350 e. The number of carbonyl (C=O) groups is 1. The fraction of sp³-hybridized carbons (Fsp3) is 0.462. The Morgan fingerprint density at radius 2 is 2.00 bits per heavy atom. The van der Waals surface area contributed by atoms with Crippen LogP contribution in [-0.4, -0.2) is 18.0 Å². The van der Waals surface area contributed by atoms with Crippen LogP contribution in [-0.2, 0) is 0 Å². The SMILES string of the molecule is CCC(N)(CC)CNC(=O)c1cc(F)ccc1Br.Cl. The zero-order valence-electron chi connectivity index (χ0n) is 11.0. The Hall–Kier alpha value is -0.650. The van der Waals surface area contributed by atoms with Gasteiger partial charge in [-0.05, 0) is 47.0 Å². The summed E-state index contributed by atoms with van der Waals surface area (Å²) in [4.78, 5) is 11.9. The lowest BCUT2D eigenvalue weighted by molar-refractivity contribution is 0.0941. The fourth-order valence-electron chi connectivity index (χ4n) is 1.52. The quantitative estimate of drug-likeness (QED) is 0.853. The van der Waals surface area contributed by atoms with E-state index in [1.54, 1.807) is 0 Å². The molecule has 0 aliphatic carbocycles. The fourth-order valence-corrected chi connectivity index (χ4v) is 1.95. The topological polar surface area (TPSA) is 55.1 Å². The van der Waals surface area contributed by atoms with Crippen molar-refractivity contribution in [2.24, 2.45) is 5.73 Å². The van der Waals surface area contributed by atoms with Crippen LogP contribution in [0.3, 0.4) is 0 Å². The number of carbonyl (C=O) groups excluding carboxylic acids is 1. The molecule has 0 fully saturated rings. The summed E-state index contributed by atoms with van der Waals surface area (Å²) in [5, 5.41) is 2.75. The van der Waals surface area contributed by atoms with Gasteiger partial charge in [0.05, 0.1) is 5.56 Å². The zero-order valence-corrected chi connectivity index (χ0v) is 13.4. The van der Waals surface area contributed by atoms with E-state index < -0.39 is 11.4 Å². The molecule has 0 heterocycles. The summed E-state index contributed by atoms with van der Waals surface area (Å²) in [6.45, 7) is 4.34. The van der Waals surface area contributed by atoms with Crippen LogP contribution >= 0.6 is 28.3 Å². The minimum atomic E-state index is -0.437. The summed E-state index contributed by atoms with van der Waals surface area (Å²) >= 11 is 3.23. The van der Waals surface area contributed by atoms with Gasteiger partial charge in [0.1, 0.15) is 5.82 Å². The second-order valence-corrected chi connectivity index (χ2v) is 5.23. The van der Waals surface area contributed by atoms with Gasteiger partial charge in [-0.3, -0.25) is 4.79 Å². The van der Waals surface area contributed by atoms with Crippen molar-refractivity contribution in [1.29, 1.82) is 0 Å². The lowest BCUT2D eigenvalue weighted by atomic mass is 9.94. The predicted octanol–water partition coefficient (Wildman–Crippen LogP) is 3.26. The van der Waals surface area contributed by atoms with E-state index in [-0.39, 0.29) is 23.9 Å². The van der Waals surface area contributed by atoms with Crippen LogP contribution in [0.4, 0.5) is 4.39 Å². The molecule has 0 aliphatic rings. The third-order valence-corrected chi connectivity index (χ3v) is 3.87. The first-order valence-corrected chi connectivity index (χ1v) is 6.73. The molecule has 0 spiro atoms. The van der Waals surface area contributed by atoms with Crippen molar-refractivity contribution in [3.05, 3.63) is 34.1 Å². The largest absolute Gasteiger partial charge is 0.350 e. The van der Waals surface area contributed by atoms with Gasteiger partial charge in [-0.2, -0.15) is 0 Å². The normalized spacial score (nSPS) is 10.8. The van der Waals surface area contributed by atoms with E-state index in [4.69, 9.17) is 5.73 Å². The Bertz CT molecular complexity index is 439. The number of hydrogen-bond donors (Lipinski definition) is 2. The Labute approximate surface area is 127 Å². The summed E-state index contributed by atoms with van der Waals surface area (Å²) in [7, 11) is 0. The first-order valence-electron chi connectivity index (χ1n) is 5.94. The van der Waals surface area contributed by atoms with Crippen LogP contribution in [0.2, 0.25) is 0 Å². The molecule has 6 heteroatoms. The van der Waals surface area contributed by atoms with E-state index >= 15 is 0 Å². The molecule has 3 nitrogen and oxygen atoms in total. The molecule has 0 unspecified atom stereocenters. The number of nitrogens with one attached hydrogen (secondary N) is 1. The third-order valence-electron chi connectivity index (χ3n) is 3.18. The number of amides is 1. The minimum absolute atomic E-state index is 0. The number of halogens is 3. The van der Waals surface area contributed by atoms with Crippen molar-refractivity contribution < 1.29 is 9.18 Å². The number of nitrogens with two attached hydrogens (primary N) is 1. The van der Waals surface area contributed by atoms with E-state index in [0.717, 1.165) is 12.8 Å². The molecule has 108 valence electrons. The monoisotopic (exact) mass is 352 g/mol. The highest BCUT2D eigenvalue weighted by Crippen LogP contribution is 2.18. The molecule has 1 amide bonds. The van der Waals surface area contributed by atoms with Crippen LogP contribution in [0.15, 0.2) is 22.7 Å². The summed E-state index contributed by atoms with van der Waals surface area (Å²) in [6, 6.07) is 4.02. The average Bonchev–Trinajstić information content (AvgIpc) is 2.38. The van der Waals surface area contributed by atoms with Crippen molar-refractivity contribution in [2.45, 2.75) is 32.2 Å². The van der Waals surface area contributed by atoms with Crippen molar-refractivity contribution in [2.75, 3.05) is 6.54 Å². The molecule has 0 radical (unpaired) electrons. The molecular weight excluding hydrogens is 335 g/mol. The Morgan fingerprint density at radius 3 is 2.53 bits per heavy atom. The second kappa shape index (κ2) is 7.82. The maximum atomic E-state index is 13.1. The van der Waals surface area contributed by atoms with E-state index in [0.29, 0.717) is 11.0 Å². The third kappa shape index (κ3) is 5.09. The van der Waals surface area contributed by atoms with Crippen LogP contribution in [0.1, 0.15) is 37.0 Å². The van der Waals surface area contributed by atoms with Crippen LogP contribution in [0.5, 0.6) is 0 Å². The van der Waals surface area contributed by atoms with Gasteiger partial charge in [-0.25, -0.2) is 4.39 Å². The lowest BCUT2D eigenvalue weighted by Crippen LogP contribution is -2.49. The summed E-state index contributed by atoms with van der Waals surface area (Å²) in [5.74, 6) is -0.758. The molecule has 19 heavy (non-hydrogen) atoms. The van der Waals surface area contributed by atoms with Gasteiger partial charge < -0.3 is 11.1 Å². The van der Waals surface area contributed by atoms with Gasteiger partial charge in [0.2, 0.25) is 0 Å². The Balaban J connectivity index is 0.00000324. The molecule has 3 N–H and O–H groups in total. The van der Waals surface area contributed by atoms with E-state index in [9.17, 15) is 9.18 Å². The van der Waals surface area contributed by atoms with Gasteiger partial charge in [0.25, 0.3) is 5.91 Å². The van der Waals surface area contributed by atoms with Crippen molar-refractivity contribution in [3.63, 3.8) is 0 Å². The van der Waals surface area contributed by atoms with Crippen LogP contribution in [0, 0.1) is 5.82 Å². The predicted molar refractivity (Wildman–Crippen MR) is 81.2 cm³/mol. The van der Waals surface area contributed by atoms with E-state index in [1.165, 1.54) is 18.2 Å². The first-order chi connectivity index (χ1) is 8.41. The molecule has 0 saturated carbocycles. The second-order valence-electron chi connectivity index (χ2n) is 4.38. The molecule has 1 rings (SSSR count). The first kappa shape index (κ1) is 18.4. The standard InChI is InChI=1S/C13H18BrFN2O.ClH/c1-3-13(16,4-2)8-17-12(18)10-7-9(15)5-6-11(10)14;/h5-7H,3-4,8,16H2,1-2H3,(H,17,18);1H. The highest BCUT2D eigenvalue weighted by atomic mass is 79.9. The van der Waals surface area contributed by atoms with Crippen LogP contribution in [0.25, 0.3) is 0 Å². The number of rotatable bonds is 5. The maximum Gasteiger partial charge on any atom is 0.252 e.